The maximum Gasteiger partial charge on any atom is 0.346 e. The summed E-state index contributed by atoms with van der Waals surface area (Å²) in [5, 5.41) is 8.42. The summed E-state index contributed by atoms with van der Waals surface area (Å²) in [6, 6.07) is 14.7. The number of thioether (sulfide) groups is 2. The molecule has 6 rings (SSSR count). The van der Waals surface area contributed by atoms with E-state index < -0.39 is 17.9 Å². The quantitative estimate of drug-likeness (QED) is 0.0811. The van der Waals surface area contributed by atoms with Crippen LogP contribution < -0.4 is 15.4 Å². The number of nitrogens with one attached hydrogen (secondary N) is 2. The van der Waals surface area contributed by atoms with Gasteiger partial charge >= 0.3 is 11.9 Å². The maximum atomic E-state index is 13.5. The van der Waals surface area contributed by atoms with E-state index in [0.29, 0.717) is 62.7 Å². The second-order valence-electron chi connectivity index (χ2n) is 15.2. The minimum Gasteiger partial charge on any atom is -0.474 e. The first kappa shape index (κ1) is 43.0. The summed E-state index contributed by atoms with van der Waals surface area (Å²) in [6.07, 6.45) is 15.1. The molecule has 10 nitrogen and oxygen atoms in total. The van der Waals surface area contributed by atoms with Crippen molar-refractivity contribution in [3.8, 4) is 5.88 Å². The molecule has 13 heteroatoms. The van der Waals surface area contributed by atoms with Gasteiger partial charge in [0.2, 0.25) is 5.88 Å². The molecule has 3 fully saturated rings. The molecule has 2 amide bonds. The average Bonchev–Trinajstić information content (AvgIpc) is 3.23. The van der Waals surface area contributed by atoms with Gasteiger partial charge in [-0.05, 0) is 106 Å². The van der Waals surface area contributed by atoms with Crippen LogP contribution in [-0.4, -0.2) is 63.4 Å². The van der Waals surface area contributed by atoms with Crippen molar-refractivity contribution in [1.82, 2.24) is 20.6 Å². The van der Waals surface area contributed by atoms with Crippen molar-refractivity contribution in [2.75, 3.05) is 11.5 Å². The molecule has 2 aromatic heterocycles. The molecule has 2 N–H and O–H groups in total. The Morgan fingerprint density at radius 1 is 0.649 bits per heavy atom. The van der Waals surface area contributed by atoms with Crippen LogP contribution in [0.5, 0.6) is 5.88 Å². The summed E-state index contributed by atoms with van der Waals surface area (Å²) >= 11 is 4.44. The van der Waals surface area contributed by atoms with E-state index in [9.17, 15) is 19.2 Å². The highest BCUT2D eigenvalue weighted by atomic mass is 32.2. The summed E-state index contributed by atoms with van der Waals surface area (Å²) in [5.74, 6) is 0.324. The average molecular weight is 833 g/mol. The molecule has 0 radical (unpaired) electrons. The zero-order chi connectivity index (χ0) is 40.0. The first-order valence-electron chi connectivity index (χ1n) is 20.9. The number of carbonyl (C=O) groups is 4. The van der Waals surface area contributed by atoms with Gasteiger partial charge in [0, 0.05) is 23.0 Å². The van der Waals surface area contributed by atoms with E-state index in [0.717, 1.165) is 75.7 Å². The number of pyridine rings is 2. The smallest absolute Gasteiger partial charge is 0.346 e. The molecule has 1 aromatic carbocycles. The van der Waals surface area contributed by atoms with Gasteiger partial charge in [-0.1, -0.05) is 76.3 Å². The van der Waals surface area contributed by atoms with Gasteiger partial charge in [0.05, 0.1) is 22.6 Å². The molecule has 3 aliphatic rings. The number of benzene rings is 1. The van der Waals surface area contributed by atoms with Crippen molar-refractivity contribution >= 4 is 59.0 Å². The molecular weight excluding hydrogens is 777 g/mol. The van der Waals surface area contributed by atoms with E-state index in [2.05, 4.69) is 24.5 Å². The second-order valence-corrected chi connectivity index (χ2v) is 18.4. The number of aromatic nitrogens is 2. The Hall–Kier alpha value is -3.55. The van der Waals surface area contributed by atoms with Gasteiger partial charge in [0.15, 0.2) is 0 Å². The molecular formula is C44H56N4O6S3. The SMILES string of the molecule is CCCSc1nc(OC2CCC(C(=O)OC(=O)c3ccccc3Sc3ccc(C(=O)NC4CCCCC4)c(SCCC)n3)CC2)ccc1C(=O)NC1CCCCC1. The minimum absolute atomic E-state index is 0.0778. The summed E-state index contributed by atoms with van der Waals surface area (Å²) in [4.78, 5) is 63.5. The highest BCUT2D eigenvalue weighted by Gasteiger charge is 2.31. The van der Waals surface area contributed by atoms with Crippen molar-refractivity contribution in [1.29, 1.82) is 0 Å². The molecule has 3 saturated carbocycles. The fourth-order valence-corrected chi connectivity index (χ4v) is 10.3. The van der Waals surface area contributed by atoms with E-state index >= 15 is 0 Å². The molecule has 3 aliphatic carbocycles. The third-order valence-corrected chi connectivity index (χ3v) is 14.1. The number of amides is 2. The fraction of sp³-hybridized carbons (Fsp3) is 0.545. The molecule has 3 aromatic rings. The normalized spacial score (nSPS) is 19.1. The summed E-state index contributed by atoms with van der Waals surface area (Å²) < 4.78 is 11.8. The van der Waals surface area contributed by atoms with Crippen LogP contribution in [0.3, 0.4) is 0 Å². The van der Waals surface area contributed by atoms with Crippen LogP contribution in [-0.2, 0) is 9.53 Å². The second kappa shape index (κ2) is 22.0. The summed E-state index contributed by atoms with van der Waals surface area (Å²) in [5.41, 5.74) is 1.44. The molecule has 306 valence electrons. The lowest BCUT2D eigenvalue weighted by Crippen LogP contribution is -2.36. The largest absolute Gasteiger partial charge is 0.474 e. The van der Waals surface area contributed by atoms with E-state index in [-0.39, 0.29) is 35.6 Å². The van der Waals surface area contributed by atoms with E-state index in [1.165, 1.54) is 24.6 Å². The van der Waals surface area contributed by atoms with Gasteiger partial charge in [0.1, 0.15) is 21.2 Å². The minimum atomic E-state index is -0.695. The number of ether oxygens (including phenoxy) is 2. The van der Waals surface area contributed by atoms with Gasteiger partial charge in [-0.3, -0.25) is 14.4 Å². The van der Waals surface area contributed by atoms with Crippen molar-refractivity contribution in [2.24, 2.45) is 5.92 Å². The Labute approximate surface area is 350 Å². The Morgan fingerprint density at radius 2 is 1.21 bits per heavy atom. The maximum absolute atomic E-state index is 13.5. The topological polar surface area (TPSA) is 137 Å². The number of esters is 2. The Morgan fingerprint density at radius 3 is 1.81 bits per heavy atom. The highest BCUT2D eigenvalue weighted by Crippen LogP contribution is 2.34. The van der Waals surface area contributed by atoms with Crippen LogP contribution in [0, 0.1) is 5.92 Å². The van der Waals surface area contributed by atoms with Crippen LogP contribution in [0.2, 0.25) is 0 Å². The molecule has 0 atom stereocenters. The molecule has 0 spiro atoms. The van der Waals surface area contributed by atoms with E-state index in [1.54, 1.807) is 41.7 Å². The zero-order valence-corrected chi connectivity index (χ0v) is 35.7. The molecule has 57 heavy (non-hydrogen) atoms. The van der Waals surface area contributed by atoms with Crippen LogP contribution in [0.15, 0.2) is 68.5 Å². The first-order valence-corrected chi connectivity index (χ1v) is 23.7. The number of hydrogen-bond donors (Lipinski definition) is 2. The van der Waals surface area contributed by atoms with Crippen molar-refractivity contribution < 1.29 is 28.7 Å². The zero-order valence-electron chi connectivity index (χ0n) is 33.2. The van der Waals surface area contributed by atoms with Crippen LogP contribution in [0.4, 0.5) is 0 Å². The Balaban J connectivity index is 1.03. The lowest BCUT2D eigenvalue weighted by Gasteiger charge is -2.27. The molecule has 0 unspecified atom stereocenters. The summed E-state index contributed by atoms with van der Waals surface area (Å²) in [6.45, 7) is 4.20. The number of hydrogen-bond acceptors (Lipinski definition) is 11. The van der Waals surface area contributed by atoms with Gasteiger partial charge in [-0.2, -0.15) is 0 Å². The standard InChI is InChI=1S/C44H56N4O6S3/c1-3-27-55-41-34(39(49)45-30-13-7-5-8-14-30)23-25-37(47-41)53-32-21-19-29(20-22-32)43(51)54-44(52)33-17-11-12-18-36(33)57-38-26-24-35(42(48-38)56-28-4-2)40(50)46-31-15-9-6-10-16-31/h11-12,17-18,23-26,29-32H,3-10,13-16,19-22,27-28H2,1-2H3,(H,45,49)(H,46,50). The van der Waals surface area contributed by atoms with Crippen LogP contribution in [0.25, 0.3) is 0 Å². The fourth-order valence-electron chi connectivity index (χ4n) is 7.61. The first-order chi connectivity index (χ1) is 27.8. The van der Waals surface area contributed by atoms with Crippen molar-refractivity contribution in [3.63, 3.8) is 0 Å². The molecule has 0 bridgehead atoms. The third-order valence-electron chi connectivity index (χ3n) is 10.7. The van der Waals surface area contributed by atoms with Gasteiger partial charge in [0.25, 0.3) is 11.8 Å². The number of carbonyl (C=O) groups excluding carboxylic acids is 4. The predicted octanol–water partition coefficient (Wildman–Crippen LogP) is 10.1. The lowest BCUT2D eigenvalue weighted by atomic mass is 9.87. The Bertz CT molecular complexity index is 1840. The predicted molar refractivity (Wildman–Crippen MR) is 227 cm³/mol. The van der Waals surface area contributed by atoms with Crippen LogP contribution in [0.1, 0.15) is 148 Å². The molecule has 0 aliphatic heterocycles. The monoisotopic (exact) mass is 832 g/mol. The molecule has 0 saturated heterocycles. The number of rotatable bonds is 16. The highest BCUT2D eigenvalue weighted by molar-refractivity contribution is 8.00. The van der Waals surface area contributed by atoms with Gasteiger partial charge in [-0.15, -0.1) is 23.5 Å². The van der Waals surface area contributed by atoms with E-state index in [1.807, 2.05) is 30.3 Å². The third kappa shape index (κ3) is 12.5. The molecule has 2 heterocycles. The number of nitrogens with zero attached hydrogens (tertiary/aromatic N) is 2. The Kier molecular flexibility index (Phi) is 16.6. The summed E-state index contributed by atoms with van der Waals surface area (Å²) in [7, 11) is 0. The van der Waals surface area contributed by atoms with Gasteiger partial charge in [-0.25, -0.2) is 14.8 Å². The lowest BCUT2D eigenvalue weighted by molar-refractivity contribution is -0.144. The van der Waals surface area contributed by atoms with Gasteiger partial charge < -0.3 is 20.1 Å². The van der Waals surface area contributed by atoms with Crippen molar-refractivity contribution in [3.05, 3.63) is 65.2 Å². The van der Waals surface area contributed by atoms with E-state index in [4.69, 9.17) is 19.4 Å². The van der Waals surface area contributed by atoms with Crippen molar-refractivity contribution in [2.45, 2.75) is 155 Å². The van der Waals surface area contributed by atoms with Crippen LogP contribution >= 0.6 is 35.3 Å².